The highest BCUT2D eigenvalue weighted by Gasteiger charge is 2.20. The number of nitrogens with zero attached hydrogens (tertiary/aromatic N) is 2. The monoisotopic (exact) mass is 361 g/mol. The minimum Gasteiger partial charge on any atom is -0.496 e. The molecule has 1 aromatic carbocycles. The second-order valence-electron chi connectivity index (χ2n) is 5.94. The molecule has 140 valence electrons. The van der Waals surface area contributed by atoms with Crippen molar-refractivity contribution in [2.75, 3.05) is 13.7 Å². The van der Waals surface area contributed by atoms with Crippen LogP contribution in [0.4, 0.5) is 0 Å². The van der Waals surface area contributed by atoms with Crippen molar-refractivity contribution in [1.29, 1.82) is 0 Å². The first-order chi connectivity index (χ1) is 12.5. The number of ether oxygens (including phenoxy) is 1. The number of hydrogen-bond acceptors (Lipinski definition) is 6. The maximum atomic E-state index is 11.9. The van der Waals surface area contributed by atoms with Crippen LogP contribution >= 0.6 is 0 Å². The van der Waals surface area contributed by atoms with Gasteiger partial charge in [-0.3, -0.25) is 9.59 Å². The minimum absolute atomic E-state index is 0.0614. The summed E-state index contributed by atoms with van der Waals surface area (Å²) < 4.78 is 10.2. The van der Waals surface area contributed by atoms with E-state index in [-0.39, 0.29) is 25.3 Å². The molecular formula is C18H23N3O5. The number of aromatic nitrogens is 2. The zero-order valence-corrected chi connectivity index (χ0v) is 14.9. The Bertz CT molecular complexity index is 744. The molecule has 1 unspecified atom stereocenters. The zero-order chi connectivity index (χ0) is 18.9. The van der Waals surface area contributed by atoms with E-state index in [1.807, 2.05) is 18.2 Å². The molecule has 0 aliphatic heterocycles. The quantitative estimate of drug-likeness (QED) is 0.663. The molecule has 1 heterocycles. The predicted octanol–water partition coefficient (Wildman–Crippen LogP) is 1.77. The summed E-state index contributed by atoms with van der Waals surface area (Å²) in [4.78, 5) is 27.5. The van der Waals surface area contributed by atoms with Crippen molar-refractivity contribution < 1.29 is 24.0 Å². The Balaban J connectivity index is 1.80. The Kier molecular flexibility index (Phi) is 7.13. The van der Waals surface area contributed by atoms with Gasteiger partial charge in [0.15, 0.2) is 5.82 Å². The average molecular weight is 361 g/mol. The molecule has 0 bridgehead atoms. The molecule has 8 nitrogen and oxygen atoms in total. The van der Waals surface area contributed by atoms with Crippen molar-refractivity contribution in [3.8, 4) is 5.75 Å². The maximum absolute atomic E-state index is 11.9. The lowest BCUT2D eigenvalue weighted by molar-refractivity contribution is -0.141. The summed E-state index contributed by atoms with van der Waals surface area (Å²) in [5.74, 6) is -0.196. The van der Waals surface area contributed by atoms with Crippen molar-refractivity contribution >= 4 is 11.9 Å². The van der Waals surface area contributed by atoms with Gasteiger partial charge in [-0.05, 0) is 31.4 Å². The Morgan fingerprint density at radius 3 is 2.77 bits per heavy atom. The molecule has 0 saturated carbocycles. The van der Waals surface area contributed by atoms with Crippen molar-refractivity contribution in [3.05, 3.63) is 41.5 Å². The average Bonchev–Trinajstić information content (AvgIpc) is 3.03. The maximum Gasteiger partial charge on any atom is 0.308 e. The molecule has 8 heteroatoms. The molecule has 2 N–H and O–H groups in total. The van der Waals surface area contributed by atoms with Crippen LogP contribution in [0.1, 0.15) is 30.1 Å². The Morgan fingerprint density at radius 1 is 1.35 bits per heavy atom. The highest BCUT2D eigenvalue weighted by atomic mass is 16.5. The lowest BCUT2D eigenvalue weighted by atomic mass is 9.98. The van der Waals surface area contributed by atoms with Gasteiger partial charge in [-0.25, -0.2) is 0 Å². The molecule has 1 aromatic heterocycles. The zero-order valence-electron chi connectivity index (χ0n) is 14.9. The largest absolute Gasteiger partial charge is 0.496 e. The van der Waals surface area contributed by atoms with Gasteiger partial charge >= 0.3 is 5.97 Å². The summed E-state index contributed by atoms with van der Waals surface area (Å²) in [6.45, 7) is 1.79. The number of carboxylic acids is 1. The topological polar surface area (TPSA) is 115 Å². The van der Waals surface area contributed by atoms with Crippen LogP contribution in [-0.4, -0.2) is 40.8 Å². The highest BCUT2D eigenvalue weighted by molar-refractivity contribution is 5.77. The van der Waals surface area contributed by atoms with Gasteiger partial charge in [-0.1, -0.05) is 23.4 Å². The number of methoxy groups -OCH3 is 1. The van der Waals surface area contributed by atoms with E-state index in [4.69, 9.17) is 9.26 Å². The molecule has 1 atom stereocenters. The summed E-state index contributed by atoms with van der Waals surface area (Å²) in [6, 6.07) is 7.26. The number of nitrogens with one attached hydrogen (secondary N) is 1. The number of aryl methyl sites for hydroxylation is 2. The van der Waals surface area contributed by atoms with Crippen LogP contribution in [0, 0.1) is 12.8 Å². The lowest BCUT2D eigenvalue weighted by Crippen LogP contribution is -2.34. The number of carboxylic acid groups (broad SMARTS) is 1. The number of carbonyl (C=O) groups excluding carboxylic acids is 1. The van der Waals surface area contributed by atoms with Gasteiger partial charge < -0.3 is 19.7 Å². The summed E-state index contributed by atoms with van der Waals surface area (Å²) in [5, 5.41) is 15.8. The van der Waals surface area contributed by atoms with E-state index in [0.29, 0.717) is 30.3 Å². The molecule has 2 aromatic rings. The second kappa shape index (κ2) is 9.55. The lowest BCUT2D eigenvalue weighted by Gasteiger charge is -2.15. The number of rotatable bonds is 10. The van der Waals surface area contributed by atoms with E-state index < -0.39 is 11.9 Å². The van der Waals surface area contributed by atoms with Crippen LogP contribution in [-0.2, 0) is 22.4 Å². The SMILES string of the molecule is COc1ccccc1CC(CNC(=O)CCCc1nc(C)no1)C(=O)O. The third-order valence-corrected chi connectivity index (χ3v) is 3.92. The second-order valence-corrected chi connectivity index (χ2v) is 5.94. The van der Waals surface area contributed by atoms with Gasteiger partial charge in [0.1, 0.15) is 5.75 Å². The standard InChI is InChI=1S/C18H23N3O5/c1-12-20-17(26-21-12)9-5-8-16(22)19-11-14(18(23)24)10-13-6-3-4-7-15(13)25-2/h3-4,6-7,14H,5,8-11H2,1-2H3,(H,19,22)(H,23,24). The van der Waals surface area contributed by atoms with E-state index >= 15 is 0 Å². The first-order valence-corrected chi connectivity index (χ1v) is 8.40. The van der Waals surface area contributed by atoms with Gasteiger partial charge in [-0.2, -0.15) is 4.98 Å². The van der Waals surface area contributed by atoms with Gasteiger partial charge in [0, 0.05) is 19.4 Å². The molecule has 0 saturated heterocycles. The molecular weight excluding hydrogens is 338 g/mol. The van der Waals surface area contributed by atoms with Crippen LogP contribution in [0.25, 0.3) is 0 Å². The first kappa shape index (κ1) is 19.4. The van der Waals surface area contributed by atoms with Crippen molar-refractivity contribution in [1.82, 2.24) is 15.5 Å². The molecule has 0 aliphatic carbocycles. The fourth-order valence-corrected chi connectivity index (χ4v) is 2.55. The molecule has 0 radical (unpaired) electrons. The number of hydrogen-bond donors (Lipinski definition) is 2. The van der Waals surface area contributed by atoms with Crippen LogP contribution in [0.5, 0.6) is 5.75 Å². The third kappa shape index (κ3) is 5.87. The van der Waals surface area contributed by atoms with Gasteiger partial charge in [-0.15, -0.1) is 0 Å². The van der Waals surface area contributed by atoms with Gasteiger partial charge in [0.05, 0.1) is 13.0 Å². The van der Waals surface area contributed by atoms with Crippen LogP contribution in [0.2, 0.25) is 0 Å². The minimum atomic E-state index is -0.961. The molecule has 26 heavy (non-hydrogen) atoms. The summed E-state index contributed by atoms with van der Waals surface area (Å²) in [5.41, 5.74) is 0.795. The van der Waals surface area contributed by atoms with E-state index in [2.05, 4.69) is 15.5 Å². The Morgan fingerprint density at radius 2 is 2.12 bits per heavy atom. The third-order valence-electron chi connectivity index (χ3n) is 3.92. The molecule has 2 rings (SSSR count). The molecule has 0 spiro atoms. The van der Waals surface area contributed by atoms with Crippen molar-refractivity contribution in [2.45, 2.75) is 32.6 Å². The Labute approximate surface area is 151 Å². The molecule has 1 amide bonds. The molecule has 0 aliphatic rings. The van der Waals surface area contributed by atoms with E-state index in [1.54, 1.807) is 20.1 Å². The van der Waals surface area contributed by atoms with Crippen molar-refractivity contribution in [2.24, 2.45) is 5.92 Å². The smallest absolute Gasteiger partial charge is 0.308 e. The summed E-state index contributed by atoms with van der Waals surface area (Å²) in [6.07, 6.45) is 1.61. The fourth-order valence-electron chi connectivity index (χ4n) is 2.55. The number of aliphatic carboxylic acids is 1. The normalized spacial score (nSPS) is 11.8. The van der Waals surface area contributed by atoms with Gasteiger partial charge in [0.25, 0.3) is 0 Å². The predicted molar refractivity (Wildman–Crippen MR) is 92.8 cm³/mol. The number of carbonyl (C=O) groups is 2. The number of para-hydroxylation sites is 1. The van der Waals surface area contributed by atoms with Crippen LogP contribution < -0.4 is 10.1 Å². The number of amides is 1. The Hall–Kier alpha value is -2.90. The number of benzene rings is 1. The summed E-state index contributed by atoms with van der Waals surface area (Å²) >= 11 is 0. The highest BCUT2D eigenvalue weighted by Crippen LogP contribution is 2.21. The molecule has 0 fully saturated rings. The van der Waals surface area contributed by atoms with Crippen LogP contribution in [0.15, 0.2) is 28.8 Å². The van der Waals surface area contributed by atoms with Crippen molar-refractivity contribution in [3.63, 3.8) is 0 Å². The fraction of sp³-hybridized carbons (Fsp3) is 0.444. The van der Waals surface area contributed by atoms with Gasteiger partial charge in [0.2, 0.25) is 11.8 Å². The first-order valence-electron chi connectivity index (χ1n) is 8.40. The van der Waals surface area contributed by atoms with E-state index in [0.717, 1.165) is 5.56 Å². The van der Waals surface area contributed by atoms with E-state index in [1.165, 1.54) is 0 Å². The summed E-state index contributed by atoms with van der Waals surface area (Å²) in [7, 11) is 1.54. The van der Waals surface area contributed by atoms with Crippen LogP contribution in [0.3, 0.4) is 0 Å². The van der Waals surface area contributed by atoms with E-state index in [9.17, 15) is 14.7 Å².